The Bertz CT molecular complexity index is 610. The highest BCUT2D eigenvalue weighted by Crippen LogP contribution is 2.33. The van der Waals surface area contributed by atoms with E-state index < -0.39 is 0 Å². The van der Waals surface area contributed by atoms with Crippen LogP contribution in [0.3, 0.4) is 0 Å². The van der Waals surface area contributed by atoms with Gasteiger partial charge in [0.15, 0.2) is 5.78 Å². The number of benzene rings is 1. The van der Waals surface area contributed by atoms with E-state index in [1.165, 1.54) is 16.5 Å². The molecule has 1 aliphatic carbocycles. The zero-order valence-corrected chi connectivity index (χ0v) is 9.99. The molecule has 0 bridgehead atoms. The van der Waals surface area contributed by atoms with Crippen LogP contribution in [0.25, 0.3) is 10.9 Å². The average molecular weight is 228 g/mol. The summed E-state index contributed by atoms with van der Waals surface area (Å²) in [6, 6.07) is 3.90. The van der Waals surface area contributed by atoms with E-state index in [4.69, 9.17) is 5.84 Å². The van der Waals surface area contributed by atoms with Gasteiger partial charge < -0.3 is 5.84 Å². The molecule has 0 radical (unpaired) electrons. The molecule has 3 rings (SSSR count). The highest BCUT2D eigenvalue weighted by molar-refractivity contribution is 6.03. The quantitative estimate of drug-likeness (QED) is 0.634. The van der Waals surface area contributed by atoms with Gasteiger partial charge >= 0.3 is 0 Å². The first-order chi connectivity index (χ1) is 8.22. The number of nitrogens with zero attached hydrogens (tertiary/aromatic N) is 1. The van der Waals surface area contributed by atoms with Gasteiger partial charge in [-0.25, -0.2) is 0 Å². The van der Waals surface area contributed by atoms with Gasteiger partial charge in [-0.3, -0.25) is 9.47 Å². The van der Waals surface area contributed by atoms with E-state index in [1.807, 2.05) is 25.3 Å². The molecular weight excluding hydrogens is 212 g/mol. The highest BCUT2D eigenvalue weighted by atomic mass is 16.1. The van der Waals surface area contributed by atoms with Crippen LogP contribution < -0.4 is 5.84 Å². The molecule has 0 saturated carbocycles. The molecule has 1 aromatic heterocycles. The number of Topliss-reactive ketones (excluding diaryl/α,β-unsaturated/α-hetero) is 1. The third-order valence-corrected chi connectivity index (χ3v) is 3.68. The lowest BCUT2D eigenvalue weighted by atomic mass is 9.88. The first-order valence-corrected chi connectivity index (χ1v) is 6.16. The van der Waals surface area contributed by atoms with E-state index in [2.05, 4.69) is 0 Å². The fraction of sp³-hybridized carbons (Fsp3) is 0.357. The molecule has 88 valence electrons. The summed E-state index contributed by atoms with van der Waals surface area (Å²) in [7, 11) is 0. The molecule has 0 spiro atoms. The first-order valence-electron chi connectivity index (χ1n) is 6.16. The van der Waals surface area contributed by atoms with E-state index in [9.17, 15) is 4.79 Å². The van der Waals surface area contributed by atoms with Crippen molar-refractivity contribution in [2.75, 3.05) is 5.84 Å². The van der Waals surface area contributed by atoms with E-state index in [0.29, 0.717) is 6.42 Å². The number of hydrogen-bond donors (Lipinski definition) is 1. The van der Waals surface area contributed by atoms with Gasteiger partial charge in [0, 0.05) is 23.6 Å². The molecular formula is C14H16N2O. The largest absolute Gasteiger partial charge is 0.339 e. The summed E-state index contributed by atoms with van der Waals surface area (Å²) in [5.41, 5.74) is 4.43. The number of ketones is 1. The predicted molar refractivity (Wildman–Crippen MR) is 68.7 cm³/mol. The van der Waals surface area contributed by atoms with Crippen LogP contribution in [0, 0.1) is 0 Å². The summed E-state index contributed by atoms with van der Waals surface area (Å²) in [5.74, 6) is 6.18. The van der Waals surface area contributed by atoms with Crippen LogP contribution in [0.2, 0.25) is 0 Å². The van der Waals surface area contributed by atoms with Gasteiger partial charge in [0.2, 0.25) is 0 Å². The summed E-state index contributed by atoms with van der Waals surface area (Å²) < 4.78 is 1.68. The maximum atomic E-state index is 11.9. The van der Waals surface area contributed by atoms with Gasteiger partial charge in [-0.05, 0) is 42.5 Å². The molecule has 0 fully saturated rings. The van der Waals surface area contributed by atoms with Crippen molar-refractivity contribution in [3.05, 3.63) is 35.0 Å². The monoisotopic (exact) mass is 228 g/mol. The molecule has 0 unspecified atom stereocenters. The third-order valence-electron chi connectivity index (χ3n) is 3.68. The number of nitrogen functional groups attached to an aromatic ring is 1. The smallest absolute Gasteiger partial charge is 0.162 e. The van der Waals surface area contributed by atoms with Crippen LogP contribution in [-0.2, 0) is 12.8 Å². The molecule has 1 aliphatic rings. The Labute approximate surface area is 100 Å². The second kappa shape index (κ2) is 3.62. The van der Waals surface area contributed by atoms with Gasteiger partial charge in [-0.15, -0.1) is 0 Å². The molecule has 2 N–H and O–H groups in total. The van der Waals surface area contributed by atoms with Gasteiger partial charge in [0.1, 0.15) is 0 Å². The molecule has 0 aliphatic heterocycles. The second-order valence-electron chi connectivity index (χ2n) is 4.68. The third kappa shape index (κ3) is 1.38. The number of nitrogens with two attached hydrogens (primary N) is 1. The van der Waals surface area contributed by atoms with E-state index in [-0.39, 0.29) is 5.78 Å². The Balaban J connectivity index is 2.35. The van der Waals surface area contributed by atoms with E-state index in [0.717, 1.165) is 30.3 Å². The maximum Gasteiger partial charge on any atom is 0.162 e. The van der Waals surface area contributed by atoms with E-state index in [1.54, 1.807) is 4.68 Å². The van der Waals surface area contributed by atoms with Crippen LogP contribution in [0.5, 0.6) is 0 Å². The predicted octanol–water partition coefficient (Wildman–Crippen LogP) is 2.44. The number of carbonyl (C=O) groups excluding carboxylic acids is 1. The fourth-order valence-electron chi connectivity index (χ4n) is 2.87. The zero-order chi connectivity index (χ0) is 12.0. The highest BCUT2D eigenvalue weighted by Gasteiger charge is 2.20. The molecule has 2 aromatic rings. The molecule has 3 heteroatoms. The Morgan fingerprint density at radius 1 is 1.41 bits per heavy atom. The van der Waals surface area contributed by atoms with Crippen LogP contribution in [-0.4, -0.2) is 10.5 Å². The van der Waals surface area contributed by atoms with Crippen molar-refractivity contribution in [3.63, 3.8) is 0 Å². The SMILES string of the molecule is CCC(=O)c1ccc2c3c(cn2N)CCCc13. The van der Waals surface area contributed by atoms with Gasteiger partial charge in [0.25, 0.3) is 0 Å². The Kier molecular flexibility index (Phi) is 2.21. The molecule has 1 heterocycles. The van der Waals surface area contributed by atoms with Crippen molar-refractivity contribution < 1.29 is 4.79 Å². The van der Waals surface area contributed by atoms with Crippen molar-refractivity contribution in [2.45, 2.75) is 32.6 Å². The van der Waals surface area contributed by atoms with Crippen LogP contribution in [0.15, 0.2) is 18.3 Å². The molecule has 0 amide bonds. The Morgan fingerprint density at radius 2 is 2.24 bits per heavy atom. The summed E-state index contributed by atoms with van der Waals surface area (Å²) in [4.78, 5) is 11.9. The van der Waals surface area contributed by atoms with Crippen molar-refractivity contribution in [1.82, 2.24) is 4.68 Å². The number of rotatable bonds is 2. The molecule has 17 heavy (non-hydrogen) atoms. The van der Waals surface area contributed by atoms with Crippen molar-refractivity contribution >= 4 is 16.7 Å². The number of carbonyl (C=O) groups is 1. The summed E-state index contributed by atoms with van der Waals surface area (Å²) in [6.07, 6.45) is 5.73. The summed E-state index contributed by atoms with van der Waals surface area (Å²) in [5, 5.41) is 1.22. The normalized spacial score (nSPS) is 14.2. The van der Waals surface area contributed by atoms with Gasteiger partial charge in [-0.1, -0.05) is 6.92 Å². The number of aromatic nitrogens is 1. The Hall–Kier alpha value is -1.77. The zero-order valence-electron chi connectivity index (χ0n) is 9.99. The topological polar surface area (TPSA) is 48.0 Å². The van der Waals surface area contributed by atoms with Gasteiger partial charge in [0.05, 0.1) is 5.52 Å². The Morgan fingerprint density at radius 3 is 3.00 bits per heavy atom. The fourth-order valence-corrected chi connectivity index (χ4v) is 2.87. The molecule has 3 nitrogen and oxygen atoms in total. The minimum atomic E-state index is 0.236. The van der Waals surface area contributed by atoms with Crippen molar-refractivity contribution in [3.8, 4) is 0 Å². The minimum Gasteiger partial charge on any atom is -0.339 e. The van der Waals surface area contributed by atoms with Crippen molar-refractivity contribution in [2.24, 2.45) is 0 Å². The average Bonchev–Trinajstić information content (AvgIpc) is 2.68. The summed E-state index contributed by atoms with van der Waals surface area (Å²) >= 11 is 0. The number of hydrogen-bond acceptors (Lipinski definition) is 2. The summed E-state index contributed by atoms with van der Waals surface area (Å²) in [6.45, 7) is 1.91. The second-order valence-corrected chi connectivity index (χ2v) is 4.68. The number of aryl methyl sites for hydroxylation is 2. The standard InChI is InChI=1S/C14H16N2O/c1-2-13(17)10-6-7-12-14-9(8-16(12)15)4-3-5-11(10)14/h6-8H,2-5,15H2,1H3. The first kappa shape index (κ1) is 10.4. The van der Waals surface area contributed by atoms with Crippen molar-refractivity contribution in [1.29, 1.82) is 0 Å². The van der Waals surface area contributed by atoms with E-state index >= 15 is 0 Å². The van der Waals surface area contributed by atoms with Gasteiger partial charge in [-0.2, -0.15) is 0 Å². The van der Waals surface area contributed by atoms with Crippen LogP contribution in [0.4, 0.5) is 0 Å². The van der Waals surface area contributed by atoms with Crippen LogP contribution in [0.1, 0.15) is 41.3 Å². The molecule has 1 aromatic carbocycles. The lowest BCUT2D eigenvalue weighted by Gasteiger charge is -2.15. The maximum absolute atomic E-state index is 11.9. The lowest BCUT2D eigenvalue weighted by molar-refractivity contribution is 0.0987. The lowest BCUT2D eigenvalue weighted by Crippen LogP contribution is -2.08. The molecule has 0 atom stereocenters. The molecule has 0 saturated heterocycles. The minimum absolute atomic E-state index is 0.236. The van der Waals surface area contributed by atoms with Crippen LogP contribution >= 0.6 is 0 Å².